The second-order valence-electron chi connectivity index (χ2n) is 8.12. The summed E-state index contributed by atoms with van der Waals surface area (Å²) < 4.78 is 1.49. The van der Waals surface area contributed by atoms with Crippen molar-refractivity contribution < 1.29 is 14.7 Å². The number of amides is 2. The fraction of sp³-hybridized carbons (Fsp3) is 0.318. The first kappa shape index (κ1) is 20.6. The summed E-state index contributed by atoms with van der Waals surface area (Å²) in [5.41, 5.74) is 1.95. The molecule has 9 nitrogen and oxygen atoms in total. The molecule has 1 saturated heterocycles. The molecule has 0 unspecified atom stereocenters. The van der Waals surface area contributed by atoms with Gasteiger partial charge < -0.3 is 15.3 Å². The molecule has 1 aliphatic heterocycles. The lowest BCUT2D eigenvalue weighted by Crippen LogP contribution is -2.49. The van der Waals surface area contributed by atoms with Crippen LogP contribution in [0.4, 0.5) is 0 Å². The molecule has 5 rings (SSSR count). The van der Waals surface area contributed by atoms with E-state index < -0.39 is 18.1 Å². The Bertz CT molecular complexity index is 1140. The first-order valence-electron chi connectivity index (χ1n) is 10.4. The first-order valence-corrected chi connectivity index (χ1v) is 10.8. The fourth-order valence-corrected chi connectivity index (χ4v) is 4.61. The number of carbonyl (C=O) groups excluding carboxylic acids is 2. The molecule has 4 atom stereocenters. The maximum Gasteiger partial charge on any atom is 0.256 e. The molecule has 3 aromatic rings. The lowest BCUT2D eigenvalue weighted by molar-refractivity contribution is -0.147. The van der Waals surface area contributed by atoms with Crippen molar-refractivity contribution in [3.05, 3.63) is 71.0 Å². The van der Waals surface area contributed by atoms with Crippen molar-refractivity contribution >= 4 is 23.4 Å². The standard InChI is InChI=1S/C22H21ClN6O3/c23-16-6-7-17(28-12-25-26-27-28)15(8-16)11-24-21(31)19-10-14-9-18(14)29(19)22(32)20(30)13-4-2-1-3-5-13/h1-8,12,14,18-20,30H,9-11H2,(H,24,31)/t14-,18-,19+,20-/m1/s1. The number of hydrogen-bond donors (Lipinski definition) is 2. The second kappa shape index (κ2) is 8.33. The number of rotatable bonds is 6. The van der Waals surface area contributed by atoms with Crippen LogP contribution in [0.15, 0.2) is 54.9 Å². The molecule has 1 saturated carbocycles. The Morgan fingerprint density at radius 3 is 2.75 bits per heavy atom. The van der Waals surface area contributed by atoms with Gasteiger partial charge in [-0.1, -0.05) is 41.9 Å². The predicted octanol–water partition coefficient (Wildman–Crippen LogP) is 1.65. The highest BCUT2D eigenvalue weighted by atomic mass is 35.5. The van der Waals surface area contributed by atoms with Crippen molar-refractivity contribution in [1.29, 1.82) is 0 Å². The van der Waals surface area contributed by atoms with Gasteiger partial charge >= 0.3 is 0 Å². The lowest BCUT2D eigenvalue weighted by Gasteiger charge is -2.29. The van der Waals surface area contributed by atoms with Crippen LogP contribution in [0.1, 0.15) is 30.1 Å². The van der Waals surface area contributed by atoms with Crippen LogP contribution >= 0.6 is 11.6 Å². The summed E-state index contributed by atoms with van der Waals surface area (Å²) in [6.45, 7) is 0.198. The number of carbonyl (C=O) groups is 2. The van der Waals surface area contributed by atoms with Crippen LogP contribution < -0.4 is 5.32 Å². The maximum absolute atomic E-state index is 13.1. The van der Waals surface area contributed by atoms with E-state index in [1.165, 1.54) is 11.0 Å². The number of aliphatic hydroxyl groups excluding tert-OH is 1. The number of halogens is 1. The molecule has 1 aromatic heterocycles. The highest BCUT2D eigenvalue weighted by Gasteiger charge is 2.56. The molecule has 2 fully saturated rings. The highest BCUT2D eigenvalue weighted by Crippen LogP contribution is 2.48. The average molecular weight is 453 g/mol. The Labute approximate surface area is 189 Å². The zero-order valence-corrected chi connectivity index (χ0v) is 17.8. The van der Waals surface area contributed by atoms with Crippen molar-refractivity contribution in [3.63, 3.8) is 0 Å². The van der Waals surface area contributed by atoms with Crippen LogP contribution in [0.25, 0.3) is 5.69 Å². The molecule has 10 heteroatoms. The zero-order valence-electron chi connectivity index (χ0n) is 17.0. The summed E-state index contributed by atoms with van der Waals surface area (Å²) >= 11 is 6.15. The molecule has 164 valence electrons. The molecule has 1 aliphatic carbocycles. The number of benzene rings is 2. The van der Waals surface area contributed by atoms with Gasteiger partial charge in [-0.15, -0.1) is 5.10 Å². The summed E-state index contributed by atoms with van der Waals surface area (Å²) in [5.74, 6) is -0.382. The third kappa shape index (κ3) is 3.85. The van der Waals surface area contributed by atoms with Crippen LogP contribution in [0.2, 0.25) is 5.02 Å². The Kier molecular flexibility index (Phi) is 5.36. The van der Waals surface area contributed by atoms with Crippen molar-refractivity contribution in [2.24, 2.45) is 5.92 Å². The van der Waals surface area contributed by atoms with Gasteiger partial charge in [-0.2, -0.15) is 0 Å². The van der Waals surface area contributed by atoms with Crippen molar-refractivity contribution in [2.45, 2.75) is 37.6 Å². The molecule has 2 aliphatic rings. The Morgan fingerprint density at radius 2 is 2.00 bits per heavy atom. The van der Waals surface area contributed by atoms with Crippen LogP contribution in [0.3, 0.4) is 0 Å². The minimum atomic E-state index is -1.29. The van der Waals surface area contributed by atoms with E-state index in [4.69, 9.17) is 11.6 Å². The molecule has 0 bridgehead atoms. The second-order valence-corrected chi connectivity index (χ2v) is 8.56. The summed E-state index contributed by atoms with van der Waals surface area (Å²) in [6, 6.07) is 13.4. The van der Waals surface area contributed by atoms with Crippen molar-refractivity contribution in [1.82, 2.24) is 30.4 Å². The summed E-state index contributed by atoms with van der Waals surface area (Å²) in [6.07, 6.45) is 1.64. The normalized spacial score (nSPS) is 22.3. The molecule has 32 heavy (non-hydrogen) atoms. The van der Waals surface area contributed by atoms with Gasteiger partial charge in [-0.25, -0.2) is 4.68 Å². The molecular formula is C22H21ClN6O3. The topological polar surface area (TPSA) is 113 Å². The van der Waals surface area contributed by atoms with Gasteiger partial charge in [-0.3, -0.25) is 9.59 Å². The molecular weight excluding hydrogens is 432 g/mol. The van der Waals surface area contributed by atoms with E-state index >= 15 is 0 Å². The lowest BCUT2D eigenvalue weighted by atomic mass is 10.1. The maximum atomic E-state index is 13.1. The van der Waals surface area contributed by atoms with Crippen molar-refractivity contribution in [3.8, 4) is 5.69 Å². The average Bonchev–Trinajstić information content (AvgIpc) is 3.21. The fourth-order valence-electron chi connectivity index (χ4n) is 4.42. The number of nitrogens with one attached hydrogen (secondary N) is 1. The van der Waals surface area contributed by atoms with E-state index in [0.29, 0.717) is 28.6 Å². The zero-order chi connectivity index (χ0) is 22.2. The van der Waals surface area contributed by atoms with E-state index in [1.807, 2.05) is 6.07 Å². The number of aliphatic hydroxyl groups is 1. The summed E-state index contributed by atoms with van der Waals surface area (Å²) in [7, 11) is 0. The van der Waals surface area contributed by atoms with E-state index in [2.05, 4.69) is 20.8 Å². The SMILES string of the molecule is O=C(NCc1cc(Cl)ccc1-n1cnnn1)[C@@H]1C[C@H]2C[C@H]2N1C(=O)[C@H](O)c1ccccc1. The van der Waals surface area contributed by atoms with E-state index in [1.54, 1.807) is 47.4 Å². The monoisotopic (exact) mass is 452 g/mol. The quantitative estimate of drug-likeness (QED) is 0.588. The summed E-state index contributed by atoms with van der Waals surface area (Å²) in [5, 5.41) is 25.2. The smallest absolute Gasteiger partial charge is 0.256 e. The first-order chi connectivity index (χ1) is 15.5. The number of nitrogens with zero attached hydrogens (tertiary/aromatic N) is 5. The minimum absolute atomic E-state index is 0.0135. The van der Waals surface area contributed by atoms with Gasteiger partial charge in [0.25, 0.3) is 5.91 Å². The Morgan fingerprint density at radius 1 is 1.19 bits per heavy atom. The molecule has 2 amide bonds. The minimum Gasteiger partial charge on any atom is -0.378 e. The van der Waals surface area contributed by atoms with Gasteiger partial charge in [0.15, 0.2) is 6.10 Å². The van der Waals surface area contributed by atoms with Crippen LogP contribution in [-0.4, -0.2) is 54.1 Å². The van der Waals surface area contributed by atoms with E-state index in [0.717, 1.165) is 12.0 Å². The summed E-state index contributed by atoms with van der Waals surface area (Å²) in [4.78, 5) is 27.7. The van der Waals surface area contributed by atoms with Crippen LogP contribution in [0, 0.1) is 5.92 Å². The molecule has 2 aromatic carbocycles. The Balaban J connectivity index is 1.31. The molecule has 2 N–H and O–H groups in total. The third-order valence-corrected chi connectivity index (χ3v) is 6.34. The highest BCUT2D eigenvalue weighted by molar-refractivity contribution is 6.30. The van der Waals surface area contributed by atoms with E-state index in [-0.39, 0.29) is 18.5 Å². The number of piperidine rings is 1. The number of aromatic nitrogens is 4. The number of likely N-dealkylation sites (tertiary alicyclic amines) is 1. The molecule has 0 radical (unpaired) electrons. The van der Waals surface area contributed by atoms with Crippen LogP contribution in [0.5, 0.6) is 0 Å². The largest absolute Gasteiger partial charge is 0.378 e. The number of hydrogen-bond acceptors (Lipinski definition) is 6. The molecule has 2 heterocycles. The van der Waals surface area contributed by atoms with Gasteiger partial charge in [0, 0.05) is 17.6 Å². The Hall–Kier alpha value is -3.30. The van der Waals surface area contributed by atoms with Crippen LogP contribution in [-0.2, 0) is 16.1 Å². The van der Waals surface area contributed by atoms with Gasteiger partial charge in [-0.05, 0) is 58.5 Å². The van der Waals surface area contributed by atoms with Gasteiger partial charge in [0.1, 0.15) is 12.4 Å². The third-order valence-electron chi connectivity index (χ3n) is 6.10. The van der Waals surface area contributed by atoms with Gasteiger partial charge in [0.2, 0.25) is 5.91 Å². The van der Waals surface area contributed by atoms with Gasteiger partial charge in [0.05, 0.1) is 5.69 Å². The molecule has 0 spiro atoms. The predicted molar refractivity (Wildman–Crippen MR) is 115 cm³/mol. The van der Waals surface area contributed by atoms with Crippen molar-refractivity contribution in [2.75, 3.05) is 0 Å². The number of tetrazole rings is 1. The number of fused-ring (bicyclic) bond motifs is 1. The van der Waals surface area contributed by atoms with E-state index in [9.17, 15) is 14.7 Å².